The number of likely N-dealkylation sites (tertiary alicyclic amines) is 1. The van der Waals surface area contributed by atoms with Crippen molar-refractivity contribution >= 4 is 16.2 Å². The highest BCUT2D eigenvalue weighted by Crippen LogP contribution is 2.31. The predicted molar refractivity (Wildman–Crippen MR) is 126 cm³/mol. The van der Waals surface area contributed by atoms with E-state index in [1.807, 2.05) is 67.6 Å². The molecule has 0 spiro atoms. The van der Waals surface area contributed by atoms with E-state index in [1.165, 1.54) is 12.1 Å². The standard InChI is InChI=1S/C18H20N2O2.C7H8O3S/c19-16-11-12-20(17(16)15-9-5-2-6-10-15)18(21)22-13-14-7-3-1-4-8-14;1-6-2-4-7(5-3-6)11(8,9)10/h1-10,16-17H,11-13,19H2;2-5H,1H3,(H,8,9,10)/t16-,17+;/m1./s1. The van der Waals surface area contributed by atoms with E-state index in [-0.39, 0.29) is 29.7 Å². The molecule has 174 valence electrons. The first kappa shape index (κ1) is 24.4. The average Bonchev–Trinajstić information content (AvgIpc) is 3.20. The first-order valence-electron chi connectivity index (χ1n) is 10.6. The second kappa shape index (κ2) is 11.1. The minimum Gasteiger partial charge on any atom is -0.445 e. The number of ether oxygens (including phenoxy) is 1. The molecule has 2 atom stereocenters. The van der Waals surface area contributed by atoms with E-state index in [9.17, 15) is 13.2 Å². The summed E-state index contributed by atoms with van der Waals surface area (Å²) in [5.41, 5.74) is 9.19. The van der Waals surface area contributed by atoms with Gasteiger partial charge in [0.05, 0.1) is 10.9 Å². The lowest BCUT2D eigenvalue weighted by atomic mass is 10.0. The van der Waals surface area contributed by atoms with Crippen molar-refractivity contribution in [3.05, 3.63) is 102 Å². The maximum atomic E-state index is 12.4. The van der Waals surface area contributed by atoms with E-state index < -0.39 is 10.1 Å². The van der Waals surface area contributed by atoms with Crippen molar-refractivity contribution in [2.75, 3.05) is 6.54 Å². The molecule has 1 heterocycles. The van der Waals surface area contributed by atoms with E-state index in [4.69, 9.17) is 15.0 Å². The zero-order chi connectivity index (χ0) is 23.8. The summed E-state index contributed by atoms with van der Waals surface area (Å²) in [6, 6.07) is 25.4. The summed E-state index contributed by atoms with van der Waals surface area (Å²) in [5.74, 6) is 0. The van der Waals surface area contributed by atoms with Crippen LogP contribution in [0.4, 0.5) is 4.79 Å². The van der Waals surface area contributed by atoms with Crippen molar-refractivity contribution in [3.8, 4) is 0 Å². The first-order chi connectivity index (χ1) is 15.8. The van der Waals surface area contributed by atoms with Gasteiger partial charge in [0.1, 0.15) is 6.61 Å². The number of hydrogen-bond donors (Lipinski definition) is 2. The summed E-state index contributed by atoms with van der Waals surface area (Å²) < 4.78 is 35.0. The Morgan fingerprint density at radius 3 is 2.15 bits per heavy atom. The number of carbonyl (C=O) groups is 1. The molecule has 4 rings (SSSR count). The van der Waals surface area contributed by atoms with E-state index in [1.54, 1.807) is 17.0 Å². The van der Waals surface area contributed by atoms with Crippen LogP contribution in [0, 0.1) is 6.92 Å². The Hall–Kier alpha value is -3.20. The van der Waals surface area contributed by atoms with Gasteiger partial charge in [-0.15, -0.1) is 0 Å². The SMILES string of the molecule is Cc1ccc(S(=O)(=O)O)cc1.N[C@@H]1CCN(C(=O)OCc2ccccc2)[C@H]1c1ccccc1. The van der Waals surface area contributed by atoms with Crippen LogP contribution >= 0.6 is 0 Å². The molecule has 33 heavy (non-hydrogen) atoms. The van der Waals surface area contributed by atoms with Gasteiger partial charge in [0, 0.05) is 12.6 Å². The minimum atomic E-state index is -4.02. The molecule has 1 saturated heterocycles. The lowest BCUT2D eigenvalue weighted by Crippen LogP contribution is -2.36. The number of rotatable bonds is 4. The van der Waals surface area contributed by atoms with Gasteiger partial charge in [0.15, 0.2) is 0 Å². The van der Waals surface area contributed by atoms with Crippen LogP contribution in [-0.4, -0.2) is 36.6 Å². The Balaban J connectivity index is 0.000000235. The van der Waals surface area contributed by atoms with Crippen molar-refractivity contribution < 1.29 is 22.5 Å². The second-order valence-corrected chi connectivity index (χ2v) is 9.25. The number of benzene rings is 3. The van der Waals surface area contributed by atoms with Crippen molar-refractivity contribution in [2.24, 2.45) is 5.73 Å². The van der Waals surface area contributed by atoms with Crippen LogP contribution < -0.4 is 5.73 Å². The fourth-order valence-corrected chi connectivity index (χ4v) is 4.09. The molecule has 0 unspecified atom stereocenters. The maximum absolute atomic E-state index is 12.4. The molecule has 1 aliphatic rings. The topological polar surface area (TPSA) is 110 Å². The molecule has 8 heteroatoms. The molecule has 0 bridgehead atoms. The summed E-state index contributed by atoms with van der Waals surface area (Å²) in [7, 11) is -4.02. The van der Waals surface area contributed by atoms with Crippen LogP contribution in [0.5, 0.6) is 0 Å². The van der Waals surface area contributed by atoms with Crippen LogP contribution in [0.1, 0.15) is 29.2 Å². The van der Waals surface area contributed by atoms with Gasteiger partial charge >= 0.3 is 6.09 Å². The molecule has 1 amide bonds. The van der Waals surface area contributed by atoms with Crippen LogP contribution in [-0.2, 0) is 21.5 Å². The van der Waals surface area contributed by atoms with E-state index in [0.29, 0.717) is 6.54 Å². The van der Waals surface area contributed by atoms with E-state index >= 15 is 0 Å². The lowest BCUT2D eigenvalue weighted by molar-refractivity contribution is 0.0908. The molecule has 3 aromatic carbocycles. The van der Waals surface area contributed by atoms with Gasteiger partial charge in [0.2, 0.25) is 0 Å². The Morgan fingerprint density at radius 2 is 1.58 bits per heavy atom. The molecule has 1 fully saturated rings. The number of hydrogen-bond acceptors (Lipinski definition) is 5. The summed E-state index contributed by atoms with van der Waals surface area (Å²) in [6.45, 7) is 2.76. The molecular weight excluding hydrogens is 440 g/mol. The highest BCUT2D eigenvalue weighted by atomic mass is 32.2. The smallest absolute Gasteiger partial charge is 0.410 e. The molecular formula is C25H28N2O5S. The van der Waals surface area contributed by atoms with Gasteiger partial charge < -0.3 is 10.5 Å². The molecule has 0 aromatic heterocycles. The minimum absolute atomic E-state index is 0.0494. The zero-order valence-electron chi connectivity index (χ0n) is 18.4. The van der Waals surface area contributed by atoms with Crippen molar-refractivity contribution in [1.82, 2.24) is 4.90 Å². The Kier molecular flexibility index (Phi) is 8.21. The number of carbonyl (C=O) groups excluding carboxylic acids is 1. The maximum Gasteiger partial charge on any atom is 0.410 e. The third-order valence-electron chi connectivity index (χ3n) is 5.34. The molecule has 3 N–H and O–H groups in total. The van der Waals surface area contributed by atoms with Crippen LogP contribution in [0.25, 0.3) is 0 Å². The zero-order valence-corrected chi connectivity index (χ0v) is 19.2. The Morgan fingerprint density at radius 1 is 1.00 bits per heavy atom. The molecule has 0 radical (unpaired) electrons. The highest BCUT2D eigenvalue weighted by Gasteiger charge is 2.36. The van der Waals surface area contributed by atoms with Crippen molar-refractivity contribution in [1.29, 1.82) is 0 Å². The normalized spacial score (nSPS) is 17.7. The average molecular weight is 469 g/mol. The summed E-state index contributed by atoms with van der Waals surface area (Å²) in [5, 5.41) is 0. The van der Waals surface area contributed by atoms with Gasteiger partial charge in [-0.2, -0.15) is 8.42 Å². The third kappa shape index (κ3) is 6.89. The first-order valence-corrected chi connectivity index (χ1v) is 12.0. The second-order valence-electron chi connectivity index (χ2n) is 7.83. The predicted octanol–water partition coefficient (Wildman–Crippen LogP) is 4.34. The van der Waals surface area contributed by atoms with Crippen molar-refractivity contribution in [3.63, 3.8) is 0 Å². The molecule has 0 aliphatic carbocycles. The summed E-state index contributed by atoms with van der Waals surface area (Å²) in [6.07, 6.45) is 0.491. The Labute approximate surface area is 194 Å². The van der Waals surface area contributed by atoms with Gasteiger partial charge in [-0.05, 0) is 36.6 Å². The Bertz CT molecular complexity index is 1140. The van der Waals surface area contributed by atoms with Crippen molar-refractivity contribution in [2.45, 2.75) is 36.9 Å². The lowest BCUT2D eigenvalue weighted by Gasteiger charge is -2.26. The fourth-order valence-electron chi connectivity index (χ4n) is 3.61. The van der Waals surface area contributed by atoms with E-state index in [2.05, 4.69) is 0 Å². The fraction of sp³-hybridized carbons (Fsp3) is 0.240. The van der Waals surface area contributed by atoms with Gasteiger partial charge in [-0.25, -0.2) is 4.79 Å². The van der Waals surface area contributed by atoms with Gasteiger partial charge in [0.25, 0.3) is 10.1 Å². The van der Waals surface area contributed by atoms with Crippen LogP contribution in [0.2, 0.25) is 0 Å². The molecule has 0 saturated carbocycles. The van der Waals surface area contributed by atoms with Gasteiger partial charge in [-0.3, -0.25) is 9.45 Å². The quantitative estimate of drug-likeness (QED) is 0.551. The largest absolute Gasteiger partial charge is 0.445 e. The summed E-state index contributed by atoms with van der Waals surface area (Å²) >= 11 is 0. The number of amides is 1. The van der Waals surface area contributed by atoms with E-state index in [0.717, 1.165) is 23.1 Å². The van der Waals surface area contributed by atoms with Crippen LogP contribution in [0.15, 0.2) is 89.8 Å². The third-order valence-corrected chi connectivity index (χ3v) is 6.21. The molecule has 3 aromatic rings. The monoisotopic (exact) mass is 468 g/mol. The molecule has 1 aliphatic heterocycles. The molecule has 7 nitrogen and oxygen atoms in total. The van der Waals surface area contributed by atoms with Crippen LogP contribution in [0.3, 0.4) is 0 Å². The van der Waals surface area contributed by atoms with Gasteiger partial charge in [-0.1, -0.05) is 78.4 Å². The highest BCUT2D eigenvalue weighted by molar-refractivity contribution is 7.85. The number of nitrogens with two attached hydrogens (primary N) is 1. The summed E-state index contributed by atoms with van der Waals surface area (Å²) in [4.78, 5) is 14.1. The number of nitrogens with zero attached hydrogens (tertiary/aromatic N) is 1. The number of aryl methyl sites for hydroxylation is 1.